The van der Waals surface area contributed by atoms with Gasteiger partial charge < -0.3 is 15.5 Å². The van der Waals surface area contributed by atoms with Gasteiger partial charge in [-0.3, -0.25) is 0 Å². The zero-order valence-electron chi connectivity index (χ0n) is 11.0. The molecule has 0 spiro atoms. The Labute approximate surface area is 111 Å². The molecule has 6 heteroatoms. The van der Waals surface area contributed by atoms with Crippen LogP contribution in [0.2, 0.25) is 0 Å². The van der Waals surface area contributed by atoms with Crippen LogP contribution in [0.1, 0.15) is 32.1 Å². The number of nitrogens with zero attached hydrogens (tertiary/aromatic N) is 1. The second kappa shape index (κ2) is 4.89. The molecule has 1 saturated carbocycles. The normalized spacial score (nSPS) is 35.9. The minimum atomic E-state index is -2.53. The fraction of sp³-hybridized carbons (Fsp3) is 0.923. The number of likely N-dealkylation sites (tertiary alicyclic amines) is 1. The highest BCUT2D eigenvalue weighted by Crippen LogP contribution is 2.41. The molecule has 2 heterocycles. The van der Waals surface area contributed by atoms with Crippen LogP contribution in [0.25, 0.3) is 0 Å². The lowest BCUT2D eigenvalue weighted by molar-refractivity contribution is -0.0390. The lowest BCUT2D eigenvalue weighted by Gasteiger charge is -2.28. The molecule has 0 aromatic rings. The van der Waals surface area contributed by atoms with Crippen LogP contribution in [0, 0.1) is 5.92 Å². The second-order valence-electron chi connectivity index (χ2n) is 6.02. The van der Waals surface area contributed by atoms with E-state index in [4.69, 9.17) is 0 Å². The number of carbonyl (C=O) groups is 1. The number of amides is 2. The van der Waals surface area contributed by atoms with Gasteiger partial charge in [0.1, 0.15) is 0 Å². The first-order valence-corrected chi connectivity index (χ1v) is 7.22. The third-order valence-electron chi connectivity index (χ3n) is 4.75. The molecule has 4 nitrogen and oxygen atoms in total. The van der Waals surface area contributed by atoms with E-state index in [2.05, 4.69) is 10.6 Å². The van der Waals surface area contributed by atoms with E-state index in [0.29, 0.717) is 31.8 Å². The molecule has 1 unspecified atom stereocenters. The minimum Gasteiger partial charge on any atom is -0.338 e. The van der Waals surface area contributed by atoms with Crippen molar-refractivity contribution >= 4 is 6.03 Å². The monoisotopic (exact) mass is 273 g/mol. The number of fused-ring (bicyclic) bond motifs is 2. The Balaban J connectivity index is 1.42. The van der Waals surface area contributed by atoms with E-state index < -0.39 is 11.8 Å². The molecule has 3 atom stereocenters. The number of halogens is 2. The predicted molar refractivity (Wildman–Crippen MR) is 67.2 cm³/mol. The number of urea groups is 1. The van der Waals surface area contributed by atoms with Gasteiger partial charge in [0.25, 0.3) is 5.92 Å². The van der Waals surface area contributed by atoms with Gasteiger partial charge in [-0.2, -0.15) is 0 Å². The van der Waals surface area contributed by atoms with E-state index in [0.717, 1.165) is 19.5 Å². The molecule has 1 aliphatic carbocycles. The molecule has 3 fully saturated rings. The van der Waals surface area contributed by atoms with Crippen molar-refractivity contribution in [3.8, 4) is 0 Å². The van der Waals surface area contributed by atoms with Crippen LogP contribution < -0.4 is 10.6 Å². The summed E-state index contributed by atoms with van der Waals surface area (Å²) in [6.45, 7) is 1.97. The highest BCUT2D eigenvalue weighted by Gasteiger charge is 2.43. The molecule has 3 aliphatic rings. The summed E-state index contributed by atoms with van der Waals surface area (Å²) in [6, 6.07) is 0.628. The maximum Gasteiger partial charge on any atom is 0.317 e. The number of alkyl halides is 2. The molecular weight excluding hydrogens is 252 g/mol. The quantitative estimate of drug-likeness (QED) is 0.820. The first-order valence-electron chi connectivity index (χ1n) is 7.22. The summed E-state index contributed by atoms with van der Waals surface area (Å²) in [5, 5.41) is 6.13. The van der Waals surface area contributed by atoms with Crippen LogP contribution in [-0.4, -0.2) is 48.6 Å². The lowest BCUT2D eigenvalue weighted by atomic mass is 10.0. The topological polar surface area (TPSA) is 44.4 Å². The first-order chi connectivity index (χ1) is 9.06. The summed E-state index contributed by atoms with van der Waals surface area (Å²) in [4.78, 5) is 13.8. The number of nitrogens with one attached hydrogen (secondary N) is 2. The number of hydrogen-bond acceptors (Lipinski definition) is 2. The van der Waals surface area contributed by atoms with Crippen molar-refractivity contribution in [3.63, 3.8) is 0 Å². The Morgan fingerprint density at radius 2 is 2.32 bits per heavy atom. The number of hydrogen-bond donors (Lipinski definition) is 2. The van der Waals surface area contributed by atoms with Crippen molar-refractivity contribution in [3.05, 3.63) is 0 Å². The molecular formula is C13H21F2N3O. The van der Waals surface area contributed by atoms with Gasteiger partial charge in [-0.25, -0.2) is 13.6 Å². The molecule has 0 aromatic carbocycles. The second-order valence-corrected chi connectivity index (χ2v) is 6.02. The van der Waals surface area contributed by atoms with Crippen molar-refractivity contribution < 1.29 is 13.6 Å². The Morgan fingerprint density at radius 3 is 2.89 bits per heavy atom. The highest BCUT2D eigenvalue weighted by molar-refractivity contribution is 5.75. The van der Waals surface area contributed by atoms with E-state index in [1.54, 1.807) is 0 Å². The zero-order valence-corrected chi connectivity index (χ0v) is 11.0. The summed E-state index contributed by atoms with van der Waals surface area (Å²) >= 11 is 0. The molecule has 19 heavy (non-hydrogen) atoms. The lowest BCUT2D eigenvalue weighted by Crippen LogP contribution is -2.50. The number of carbonyl (C=O) groups excluding carboxylic acids is 1. The third-order valence-corrected chi connectivity index (χ3v) is 4.75. The summed E-state index contributed by atoms with van der Waals surface area (Å²) in [7, 11) is 0. The molecule has 0 radical (unpaired) electrons. The van der Waals surface area contributed by atoms with Crippen LogP contribution in [0.5, 0.6) is 0 Å². The van der Waals surface area contributed by atoms with E-state index >= 15 is 0 Å². The standard InChI is InChI=1S/C13H21F2N3O/c14-13(15)4-1-2-9(13)3-5-16-12(19)18-8-10-6-11(18)7-17-10/h9-11,17H,1-8H2,(H,16,19)/t9?,10-,11-/m0/s1. The van der Waals surface area contributed by atoms with Crippen LogP contribution >= 0.6 is 0 Å². The maximum atomic E-state index is 13.4. The van der Waals surface area contributed by atoms with E-state index in [1.807, 2.05) is 4.90 Å². The van der Waals surface area contributed by atoms with Crippen LogP contribution in [0.15, 0.2) is 0 Å². The van der Waals surface area contributed by atoms with Gasteiger partial charge >= 0.3 is 6.03 Å². The third kappa shape index (κ3) is 2.55. The fourth-order valence-corrected chi connectivity index (χ4v) is 3.62. The molecule has 2 bridgehead atoms. The summed E-state index contributed by atoms with van der Waals surface area (Å²) < 4.78 is 26.9. The van der Waals surface area contributed by atoms with Crippen molar-refractivity contribution in [2.45, 2.75) is 50.1 Å². The van der Waals surface area contributed by atoms with E-state index in [-0.39, 0.29) is 18.5 Å². The van der Waals surface area contributed by atoms with Crippen LogP contribution in [-0.2, 0) is 0 Å². The number of rotatable bonds is 3. The summed E-state index contributed by atoms with van der Waals surface area (Å²) in [6.07, 6.45) is 2.61. The van der Waals surface area contributed by atoms with Gasteiger partial charge in [-0.05, 0) is 25.7 Å². The Bertz CT molecular complexity index is 364. The SMILES string of the molecule is O=C(NCCC1CCCC1(F)F)N1C[C@@H]2C[C@H]1CN2. The molecule has 2 N–H and O–H groups in total. The van der Waals surface area contributed by atoms with E-state index in [1.165, 1.54) is 0 Å². The Morgan fingerprint density at radius 1 is 1.47 bits per heavy atom. The Kier molecular flexibility index (Phi) is 3.37. The fourth-order valence-electron chi connectivity index (χ4n) is 3.62. The molecule has 2 aliphatic heterocycles. The van der Waals surface area contributed by atoms with Gasteiger partial charge in [-0.15, -0.1) is 0 Å². The molecule has 0 aromatic heterocycles. The highest BCUT2D eigenvalue weighted by atomic mass is 19.3. The van der Waals surface area contributed by atoms with Gasteiger partial charge in [0, 0.05) is 44.1 Å². The smallest absolute Gasteiger partial charge is 0.317 e. The average molecular weight is 273 g/mol. The molecule has 2 amide bonds. The molecule has 3 rings (SSSR count). The Hall–Kier alpha value is -0.910. The average Bonchev–Trinajstić information content (AvgIpc) is 3.05. The van der Waals surface area contributed by atoms with Crippen LogP contribution in [0.3, 0.4) is 0 Å². The molecule has 2 saturated heterocycles. The molecule has 108 valence electrons. The minimum absolute atomic E-state index is 0.00710. The van der Waals surface area contributed by atoms with Crippen molar-refractivity contribution in [1.82, 2.24) is 15.5 Å². The van der Waals surface area contributed by atoms with Gasteiger partial charge in [0.15, 0.2) is 0 Å². The summed E-state index contributed by atoms with van der Waals surface area (Å²) in [5.74, 6) is -3.08. The van der Waals surface area contributed by atoms with E-state index in [9.17, 15) is 13.6 Å². The van der Waals surface area contributed by atoms with Gasteiger partial charge in [0.05, 0.1) is 0 Å². The van der Waals surface area contributed by atoms with Crippen molar-refractivity contribution in [2.24, 2.45) is 5.92 Å². The maximum absolute atomic E-state index is 13.4. The summed E-state index contributed by atoms with van der Waals surface area (Å²) in [5.41, 5.74) is 0. The van der Waals surface area contributed by atoms with Crippen molar-refractivity contribution in [1.29, 1.82) is 0 Å². The first kappa shape index (κ1) is 13.1. The van der Waals surface area contributed by atoms with Crippen molar-refractivity contribution in [2.75, 3.05) is 19.6 Å². The van der Waals surface area contributed by atoms with Gasteiger partial charge in [-0.1, -0.05) is 0 Å². The van der Waals surface area contributed by atoms with Crippen LogP contribution in [0.4, 0.5) is 13.6 Å². The largest absolute Gasteiger partial charge is 0.338 e. The zero-order chi connectivity index (χ0) is 13.5. The number of piperazine rings is 1. The predicted octanol–water partition coefficient (Wildman–Crippen LogP) is 1.57. The van der Waals surface area contributed by atoms with Gasteiger partial charge in [0.2, 0.25) is 0 Å².